The molecule has 1 unspecified atom stereocenters. The maximum absolute atomic E-state index is 12.5. The fourth-order valence-electron chi connectivity index (χ4n) is 2.33. The summed E-state index contributed by atoms with van der Waals surface area (Å²) in [6.45, 7) is 20.1. The first kappa shape index (κ1) is 23.6. The van der Waals surface area contributed by atoms with E-state index in [-0.39, 0.29) is 21.7 Å². The molecule has 0 spiro atoms. The Kier molecular flexibility index (Phi) is 8.36. The zero-order valence-corrected chi connectivity index (χ0v) is 19.9. The van der Waals surface area contributed by atoms with E-state index in [1.54, 1.807) is 0 Å². The first-order valence-corrected chi connectivity index (χ1v) is 13.5. The fourth-order valence-corrected chi connectivity index (χ4v) is 4.25. The van der Waals surface area contributed by atoms with Crippen molar-refractivity contribution < 1.29 is 8.98 Å². The van der Waals surface area contributed by atoms with Crippen molar-refractivity contribution in [1.82, 2.24) is 9.71 Å². The Hall–Kier alpha value is -0.403. The molecular formula is C20H38N2O2SSi. The third-order valence-electron chi connectivity index (χ3n) is 5.22. The number of hydrogen-bond donors (Lipinski definition) is 1. The van der Waals surface area contributed by atoms with Gasteiger partial charge in [0.2, 0.25) is 0 Å². The summed E-state index contributed by atoms with van der Waals surface area (Å²) in [7, 11) is -1.77. The van der Waals surface area contributed by atoms with Crippen LogP contribution in [0, 0.1) is 0 Å². The van der Waals surface area contributed by atoms with Crippen molar-refractivity contribution in [3.05, 3.63) is 30.1 Å². The summed E-state index contributed by atoms with van der Waals surface area (Å²) < 4.78 is 21.9. The summed E-state index contributed by atoms with van der Waals surface area (Å²) in [5, 5.41) is 0.199. The number of nitrogens with one attached hydrogen (secondary N) is 1. The van der Waals surface area contributed by atoms with Crippen LogP contribution in [-0.2, 0) is 15.8 Å². The first-order chi connectivity index (χ1) is 11.8. The van der Waals surface area contributed by atoms with Gasteiger partial charge in [-0.3, -0.25) is 4.98 Å². The van der Waals surface area contributed by atoms with E-state index in [9.17, 15) is 4.55 Å². The molecule has 26 heavy (non-hydrogen) atoms. The summed E-state index contributed by atoms with van der Waals surface area (Å²) >= 11 is -1.11. The second-order valence-electron chi connectivity index (χ2n) is 9.55. The highest BCUT2D eigenvalue weighted by Crippen LogP contribution is 2.37. The van der Waals surface area contributed by atoms with Gasteiger partial charge in [-0.25, -0.2) is 0 Å². The molecule has 1 N–H and O–H groups in total. The molecule has 4 nitrogen and oxygen atoms in total. The molecule has 0 bridgehead atoms. The largest absolute Gasteiger partial charge is 0.598 e. The van der Waals surface area contributed by atoms with Crippen LogP contribution in [-0.4, -0.2) is 35.2 Å². The van der Waals surface area contributed by atoms with E-state index >= 15 is 0 Å². The summed E-state index contributed by atoms with van der Waals surface area (Å²) in [5.41, 5.74) is 1.03. The third-order valence-corrected chi connectivity index (χ3v) is 11.5. The number of rotatable bonds is 8. The fraction of sp³-hybridized carbons (Fsp3) is 0.750. The molecule has 0 amide bonds. The Morgan fingerprint density at radius 2 is 1.81 bits per heavy atom. The van der Waals surface area contributed by atoms with Gasteiger partial charge in [-0.15, -0.1) is 4.72 Å². The molecule has 0 aliphatic rings. The topological polar surface area (TPSA) is 57.2 Å². The van der Waals surface area contributed by atoms with Crippen molar-refractivity contribution in [3.8, 4) is 0 Å². The summed E-state index contributed by atoms with van der Waals surface area (Å²) in [6.07, 6.45) is 2.68. The third kappa shape index (κ3) is 6.96. The molecule has 0 fully saturated rings. The molecule has 0 radical (unpaired) electrons. The Morgan fingerprint density at radius 3 is 2.27 bits per heavy atom. The minimum Gasteiger partial charge on any atom is -0.598 e. The molecular weight excluding hydrogens is 360 g/mol. The Balaban J connectivity index is 2.84. The number of pyridine rings is 1. The van der Waals surface area contributed by atoms with Gasteiger partial charge in [0.1, 0.15) is 4.75 Å². The van der Waals surface area contributed by atoms with Crippen molar-refractivity contribution in [3.63, 3.8) is 0 Å². The van der Waals surface area contributed by atoms with Gasteiger partial charge in [-0.2, -0.15) is 0 Å². The standard InChI is InChI=1S/C20H38N2O2SSi/c1-16(22-25(23)19(2,3)4)17(18-12-10-11-14-21-18)13-15-24-26(8,9)20(5,6)7/h10-12,14,16-17,22H,13,15H2,1-9H3/t16-,17-,25?/m0/s1. The Bertz CT molecular complexity index is 541. The van der Waals surface area contributed by atoms with Crippen LogP contribution in [0.2, 0.25) is 18.1 Å². The molecule has 0 saturated heterocycles. The van der Waals surface area contributed by atoms with Gasteiger partial charge in [-0.05, 0) is 64.4 Å². The van der Waals surface area contributed by atoms with Crippen LogP contribution in [0.5, 0.6) is 0 Å². The minimum atomic E-state index is -1.77. The van der Waals surface area contributed by atoms with Gasteiger partial charge < -0.3 is 8.98 Å². The van der Waals surface area contributed by atoms with Crippen LogP contribution < -0.4 is 4.72 Å². The lowest BCUT2D eigenvalue weighted by Gasteiger charge is -2.37. The summed E-state index contributed by atoms with van der Waals surface area (Å²) in [5.74, 6) is 0.160. The van der Waals surface area contributed by atoms with E-state index in [0.29, 0.717) is 6.61 Å². The molecule has 150 valence electrons. The minimum absolute atomic E-state index is 0.0490. The van der Waals surface area contributed by atoms with Gasteiger partial charge in [0, 0.05) is 35.8 Å². The molecule has 3 atom stereocenters. The molecule has 1 aromatic rings. The van der Waals surface area contributed by atoms with E-state index in [2.05, 4.69) is 56.6 Å². The highest BCUT2D eigenvalue weighted by atomic mass is 32.2. The zero-order valence-electron chi connectivity index (χ0n) is 18.1. The maximum Gasteiger partial charge on any atom is 0.191 e. The number of nitrogens with zero attached hydrogens (tertiary/aromatic N) is 1. The van der Waals surface area contributed by atoms with E-state index < -0.39 is 19.7 Å². The quantitative estimate of drug-likeness (QED) is 0.493. The molecule has 1 heterocycles. The van der Waals surface area contributed by atoms with Crippen LogP contribution in [0.25, 0.3) is 0 Å². The van der Waals surface area contributed by atoms with Crippen molar-refractivity contribution in [2.45, 2.75) is 89.7 Å². The summed E-state index contributed by atoms with van der Waals surface area (Å²) in [4.78, 5) is 4.55. The highest BCUT2D eigenvalue weighted by Gasteiger charge is 2.37. The van der Waals surface area contributed by atoms with Crippen LogP contribution in [0.4, 0.5) is 0 Å². The Labute approximate surface area is 165 Å². The average Bonchev–Trinajstić information content (AvgIpc) is 2.50. The lowest BCUT2D eigenvalue weighted by atomic mass is 9.94. The molecule has 6 heteroatoms. The molecule has 0 aromatic carbocycles. The van der Waals surface area contributed by atoms with Gasteiger partial charge in [0.15, 0.2) is 8.32 Å². The predicted molar refractivity (Wildman–Crippen MR) is 115 cm³/mol. The maximum atomic E-state index is 12.5. The molecule has 1 aromatic heterocycles. The normalized spacial score (nSPS) is 17.0. The molecule has 1 rings (SSSR count). The van der Waals surface area contributed by atoms with Crippen molar-refractivity contribution >= 4 is 19.7 Å². The van der Waals surface area contributed by atoms with Gasteiger partial charge in [-0.1, -0.05) is 26.8 Å². The first-order valence-electron chi connectivity index (χ1n) is 9.48. The monoisotopic (exact) mass is 398 g/mol. The second kappa shape index (κ2) is 9.19. The lowest BCUT2D eigenvalue weighted by Crippen LogP contribution is -2.46. The predicted octanol–water partition coefficient (Wildman–Crippen LogP) is 5.02. The highest BCUT2D eigenvalue weighted by molar-refractivity contribution is 7.90. The summed E-state index contributed by atoms with van der Waals surface area (Å²) in [6, 6.07) is 6.04. The smallest absolute Gasteiger partial charge is 0.191 e. The van der Waals surface area contributed by atoms with E-state index in [4.69, 9.17) is 4.43 Å². The number of aromatic nitrogens is 1. The van der Waals surface area contributed by atoms with Crippen LogP contribution in [0.15, 0.2) is 24.4 Å². The molecule has 0 aliphatic carbocycles. The molecule has 0 aliphatic heterocycles. The lowest BCUT2D eigenvalue weighted by molar-refractivity contribution is 0.262. The van der Waals surface area contributed by atoms with Crippen molar-refractivity contribution in [2.24, 2.45) is 0 Å². The van der Waals surface area contributed by atoms with E-state index in [1.165, 1.54) is 0 Å². The van der Waals surface area contributed by atoms with E-state index in [0.717, 1.165) is 12.1 Å². The second-order valence-corrected chi connectivity index (χ2v) is 16.4. The Morgan fingerprint density at radius 1 is 1.19 bits per heavy atom. The van der Waals surface area contributed by atoms with Crippen molar-refractivity contribution in [2.75, 3.05) is 6.61 Å². The average molecular weight is 399 g/mol. The number of hydrogen-bond acceptors (Lipinski definition) is 4. The van der Waals surface area contributed by atoms with Crippen LogP contribution >= 0.6 is 0 Å². The SMILES string of the molecule is C[C@H](N[S+]([O-])C(C)(C)C)[C@H](CCO[Si](C)(C)C(C)(C)C)c1ccccn1. The van der Waals surface area contributed by atoms with Crippen molar-refractivity contribution in [1.29, 1.82) is 0 Å². The van der Waals surface area contributed by atoms with Gasteiger partial charge >= 0.3 is 0 Å². The van der Waals surface area contributed by atoms with Gasteiger partial charge in [0.25, 0.3) is 0 Å². The molecule has 0 saturated carbocycles. The van der Waals surface area contributed by atoms with Crippen LogP contribution in [0.1, 0.15) is 66.5 Å². The van der Waals surface area contributed by atoms with Gasteiger partial charge in [0.05, 0.1) is 6.04 Å². The van der Waals surface area contributed by atoms with Crippen LogP contribution in [0.3, 0.4) is 0 Å². The van der Waals surface area contributed by atoms with E-state index in [1.807, 2.05) is 39.1 Å². The zero-order chi connectivity index (χ0) is 20.2.